The van der Waals surface area contributed by atoms with Gasteiger partial charge in [0.25, 0.3) is 5.91 Å². The first kappa shape index (κ1) is 14.0. The summed E-state index contributed by atoms with van der Waals surface area (Å²) in [5.74, 6) is 0.0349. The van der Waals surface area contributed by atoms with Crippen molar-refractivity contribution in [2.45, 2.75) is 6.61 Å². The number of methoxy groups -OCH3 is 2. The minimum atomic E-state index is -0.265. The number of carbonyl (C=O) groups excluding carboxylic acids is 1. The molecule has 0 aliphatic heterocycles. The molecule has 104 valence electrons. The van der Waals surface area contributed by atoms with Gasteiger partial charge in [-0.25, -0.2) is 4.98 Å². The van der Waals surface area contributed by atoms with E-state index in [1.807, 2.05) is 24.3 Å². The van der Waals surface area contributed by atoms with Crippen LogP contribution in [0.4, 0.5) is 5.69 Å². The molecule has 0 spiro atoms. The number of rotatable bonds is 5. The van der Waals surface area contributed by atoms with Crippen LogP contribution in [0.25, 0.3) is 0 Å². The summed E-state index contributed by atoms with van der Waals surface area (Å²) in [7, 11) is 3.10. The number of amides is 1. The Morgan fingerprint density at radius 1 is 1.20 bits per heavy atom. The van der Waals surface area contributed by atoms with Crippen molar-refractivity contribution in [3.05, 3.63) is 53.7 Å². The van der Waals surface area contributed by atoms with Crippen LogP contribution in [-0.2, 0) is 11.3 Å². The molecule has 0 saturated heterocycles. The summed E-state index contributed by atoms with van der Waals surface area (Å²) >= 11 is 0. The lowest BCUT2D eigenvalue weighted by molar-refractivity contribution is 0.102. The molecule has 1 N–H and O–H groups in total. The third-order valence-corrected chi connectivity index (χ3v) is 2.77. The summed E-state index contributed by atoms with van der Waals surface area (Å²) in [4.78, 5) is 16.3. The molecule has 0 radical (unpaired) electrons. The largest absolute Gasteiger partial charge is 0.480 e. The summed E-state index contributed by atoms with van der Waals surface area (Å²) in [5, 5.41) is 2.85. The summed E-state index contributed by atoms with van der Waals surface area (Å²) in [6.45, 7) is 0.431. The van der Waals surface area contributed by atoms with Gasteiger partial charge in [-0.1, -0.05) is 18.2 Å². The molecular weight excluding hydrogens is 256 g/mol. The average Bonchev–Trinajstić information content (AvgIpc) is 2.49. The van der Waals surface area contributed by atoms with Crippen LogP contribution in [0.3, 0.4) is 0 Å². The van der Waals surface area contributed by atoms with Crippen molar-refractivity contribution >= 4 is 11.6 Å². The Morgan fingerprint density at radius 2 is 2.00 bits per heavy atom. The van der Waals surface area contributed by atoms with E-state index in [9.17, 15) is 4.79 Å². The van der Waals surface area contributed by atoms with E-state index in [-0.39, 0.29) is 5.91 Å². The zero-order valence-electron chi connectivity index (χ0n) is 11.4. The zero-order valence-corrected chi connectivity index (χ0v) is 11.4. The number of para-hydroxylation sites is 1. The highest BCUT2D eigenvalue weighted by molar-refractivity contribution is 6.06. The van der Waals surface area contributed by atoms with E-state index >= 15 is 0 Å². The second-order valence-corrected chi connectivity index (χ2v) is 4.10. The smallest absolute Gasteiger partial charge is 0.261 e. The Balaban J connectivity index is 2.24. The van der Waals surface area contributed by atoms with Gasteiger partial charge in [0.05, 0.1) is 13.7 Å². The fourth-order valence-corrected chi connectivity index (χ4v) is 1.84. The molecular formula is C15H16N2O3. The van der Waals surface area contributed by atoms with Gasteiger partial charge in [-0.05, 0) is 18.2 Å². The maximum absolute atomic E-state index is 12.3. The molecule has 5 heteroatoms. The van der Waals surface area contributed by atoms with Crippen molar-refractivity contribution in [3.8, 4) is 5.88 Å². The number of nitrogens with zero attached hydrogens (tertiary/aromatic N) is 1. The number of hydrogen-bond acceptors (Lipinski definition) is 4. The zero-order chi connectivity index (χ0) is 14.4. The van der Waals surface area contributed by atoms with Crippen molar-refractivity contribution in [2.75, 3.05) is 19.5 Å². The number of carbonyl (C=O) groups is 1. The molecule has 2 rings (SSSR count). The Labute approximate surface area is 117 Å². The third kappa shape index (κ3) is 3.13. The van der Waals surface area contributed by atoms with Gasteiger partial charge in [0.1, 0.15) is 5.56 Å². The van der Waals surface area contributed by atoms with Gasteiger partial charge in [0.15, 0.2) is 0 Å². The molecule has 20 heavy (non-hydrogen) atoms. The van der Waals surface area contributed by atoms with E-state index in [4.69, 9.17) is 9.47 Å². The summed E-state index contributed by atoms with van der Waals surface area (Å²) in [6.07, 6.45) is 1.58. The molecule has 1 heterocycles. The minimum absolute atomic E-state index is 0.265. The maximum Gasteiger partial charge on any atom is 0.261 e. The number of hydrogen-bond donors (Lipinski definition) is 1. The highest BCUT2D eigenvalue weighted by Crippen LogP contribution is 2.19. The SMILES string of the molecule is COCc1ccccc1NC(=O)c1cccnc1OC. The number of pyridine rings is 1. The van der Waals surface area contributed by atoms with Crippen LogP contribution in [0.2, 0.25) is 0 Å². The Bertz CT molecular complexity index is 599. The van der Waals surface area contributed by atoms with E-state index in [2.05, 4.69) is 10.3 Å². The predicted molar refractivity (Wildman–Crippen MR) is 75.9 cm³/mol. The van der Waals surface area contributed by atoms with Gasteiger partial charge in [-0.3, -0.25) is 4.79 Å². The molecule has 1 amide bonds. The van der Waals surface area contributed by atoms with Gasteiger partial charge in [0.2, 0.25) is 5.88 Å². The molecule has 1 aromatic heterocycles. The molecule has 0 aliphatic rings. The van der Waals surface area contributed by atoms with Crippen molar-refractivity contribution in [3.63, 3.8) is 0 Å². The van der Waals surface area contributed by atoms with Gasteiger partial charge >= 0.3 is 0 Å². The van der Waals surface area contributed by atoms with Gasteiger partial charge in [-0.15, -0.1) is 0 Å². The molecule has 0 atom stereocenters. The first-order valence-electron chi connectivity index (χ1n) is 6.13. The van der Waals surface area contributed by atoms with Crippen LogP contribution >= 0.6 is 0 Å². The first-order valence-corrected chi connectivity index (χ1v) is 6.13. The highest BCUT2D eigenvalue weighted by atomic mass is 16.5. The topological polar surface area (TPSA) is 60.5 Å². The minimum Gasteiger partial charge on any atom is -0.480 e. The normalized spacial score (nSPS) is 10.1. The summed E-state index contributed by atoms with van der Waals surface area (Å²) in [5.41, 5.74) is 2.01. The van der Waals surface area contributed by atoms with Crippen molar-refractivity contribution in [2.24, 2.45) is 0 Å². The monoisotopic (exact) mass is 272 g/mol. The molecule has 0 fully saturated rings. The molecule has 0 aliphatic carbocycles. The van der Waals surface area contributed by atoms with Crippen molar-refractivity contribution < 1.29 is 14.3 Å². The lowest BCUT2D eigenvalue weighted by Gasteiger charge is -2.11. The number of benzene rings is 1. The third-order valence-electron chi connectivity index (χ3n) is 2.77. The van der Waals surface area contributed by atoms with Crippen LogP contribution in [0.1, 0.15) is 15.9 Å². The second-order valence-electron chi connectivity index (χ2n) is 4.10. The quantitative estimate of drug-likeness (QED) is 0.908. The van der Waals surface area contributed by atoms with E-state index < -0.39 is 0 Å². The first-order chi connectivity index (χ1) is 9.76. The van der Waals surface area contributed by atoms with Crippen molar-refractivity contribution in [1.82, 2.24) is 4.98 Å². The lowest BCUT2D eigenvalue weighted by Crippen LogP contribution is -2.15. The molecule has 0 bridgehead atoms. The Morgan fingerprint density at radius 3 is 2.75 bits per heavy atom. The average molecular weight is 272 g/mol. The highest BCUT2D eigenvalue weighted by Gasteiger charge is 2.14. The fourth-order valence-electron chi connectivity index (χ4n) is 1.84. The second kappa shape index (κ2) is 6.68. The van der Waals surface area contributed by atoms with Crippen LogP contribution in [-0.4, -0.2) is 25.1 Å². The van der Waals surface area contributed by atoms with Gasteiger partial charge < -0.3 is 14.8 Å². The number of ether oxygens (including phenoxy) is 2. The summed E-state index contributed by atoms with van der Waals surface area (Å²) < 4.78 is 10.2. The predicted octanol–water partition coefficient (Wildman–Crippen LogP) is 2.49. The van der Waals surface area contributed by atoms with Gasteiger partial charge in [0, 0.05) is 24.6 Å². The lowest BCUT2D eigenvalue weighted by atomic mass is 10.1. The van der Waals surface area contributed by atoms with E-state index in [1.165, 1.54) is 7.11 Å². The number of anilines is 1. The Kier molecular flexibility index (Phi) is 4.68. The molecule has 0 unspecified atom stereocenters. The number of nitrogens with one attached hydrogen (secondary N) is 1. The molecule has 1 aromatic carbocycles. The van der Waals surface area contributed by atoms with Crippen LogP contribution in [0.5, 0.6) is 5.88 Å². The Hall–Kier alpha value is -2.40. The van der Waals surface area contributed by atoms with E-state index in [0.717, 1.165) is 5.56 Å². The number of aromatic nitrogens is 1. The van der Waals surface area contributed by atoms with Crippen LogP contribution in [0.15, 0.2) is 42.6 Å². The molecule has 5 nitrogen and oxygen atoms in total. The van der Waals surface area contributed by atoms with Crippen molar-refractivity contribution in [1.29, 1.82) is 0 Å². The molecule has 2 aromatic rings. The van der Waals surface area contributed by atoms with E-state index in [0.29, 0.717) is 23.7 Å². The summed E-state index contributed by atoms with van der Waals surface area (Å²) in [6, 6.07) is 10.8. The van der Waals surface area contributed by atoms with Gasteiger partial charge in [-0.2, -0.15) is 0 Å². The maximum atomic E-state index is 12.3. The van der Waals surface area contributed by atoms with E-state index in [1.54, 1.807) is 25.4 Å². The van der Waals surface area contributed by atoms with Crippen LogP contribution in [0, 0.1) is 0 Å². The van der Waals surface area contributed by atoms with Crippen LogP contribution < -0.4 is 10.1 Å². The molecule has 0 saturated carbocycles. The standard InChI is InChI=1S/C15H16N2O3/c1-19-10-11-6-3-4-8-13(11)17-14(18)12-7-5-9-16-15(12)20-2/h3-9H,10H2,1-2H3,(H,17,18). The fraction of sp³-hybridized carbons (Fsp3) is 0.200.